The average molecular weight is 346 g/mol. The van der Waals surface area contributed by atoms with E-state index in [9.17, 15) is 9.59 Å². The molecule has 1 saturated heterocycles. The summed E-state index contributed by atoms with van der Waals surface area (Å²) in [5.41, 5.74) is 0.967. The van der Waals surface area contributed by atoms with Crippen molar-refractivity contribution in [1.82, 2.24) is 10.2 Å². The van der Waals surface area contributed by atoms with Gasteiger partial charge in [0, 0.05) is 19.1 Å². The summed E-state index contributed by atoms with van der Waals surface area (Å²) in [6, 6.07) is 7.76. The molecular formula is C20H30N2O3. The van der Waals surface area contributed by atoms with Crippen LogP contribution in [0.3, 0.4) is 0 Å². The van der Waals surface area contributed by atoms with E-state index < -0.39 is 0 Å². The van der Waals surface area contributed by atoms with E-state index in [1.54, 1.807) is 7.11 Å². The molecule has 138 valence electrons. The Hall–Kier alpha value is -2.04. The van der Waals surface area contributed by atoms with Crippen LogP contribution in [-0.4, -0.2) is 43.0 Å². The number of carbonyl (C=O) groups excluding carboxylic acids is 2. The molecule has 5 heteroatoms. The maximum absolute atomic E-state index is 12.6. The first-order valence-electron chi connectivity index (χ1n) is 9.24. The number of ether oxygens (including phenoxy) is 1. The zero-order chi connectivity index (χ0) is 18.2. The molecule has 1 fully saturated rings. The van der Waals surface area contributed by atoms with Crippen LogP contribution in [0, 0.1) is 5.92 Å². The van der Waals surface area contributed by atoms with Crippen molar-refractivity contribution >= 4 is 11.8 Å². The van der Waals surface area contributed by atoms with Crippen LogP contribution >= 0.6 is 0 Å². The molecule has 1 heterocycles. The maximum Gasteiger partial charge on any atom is 0.227 e. The largest absolute Gasteiger partial charge is 0.497 e. The van der Waals surface area contributed by atoms with Crippen LogP contribution in [0.5, 0.6) is 5.75 Å². The van der Waals surface area contributed by atoms with Gasteiger partial charge >= 0.3 is 0 Å². The van der Waals surface area contributed by atoms with E-state index in [1.807, 2.05) is 36.1 Å². The number of methoxy groups -OCH3 is 1. The van der Waals surface area contributed by atoms with Gasteiger partial charge in [-0.25, -0.2) is 0 Å². The summed E-state index contributed by atoms with van der Waals surface area (Å²) in [5.74, 6) is 0.868. The van der Waals surface area contributed by atoms with Gasteiger partial charge in [0.15, 0.2) is 0 Å². The first-order valence-corrected chi connectivity index (χ1v) is 9.24. The molecular weight excluding hydrogens is 316 g/mol. The lowest BCUT2D eigenvalue weighted by Gasteiger charge is -2.32. The molecule has 1 aromatic rings. The third-order valence-electron chi connectivity index (χ3n) is 4.77. The SMILES string of the molecule is CCC[C@@H](C)NC(=O)[C@H]1CCCN(C(=O)Cc2ccc(OC)cc2)C1. The predicted octanol–water partition coefficient (Wildman–Crippen LogP) is 2.78. The molecule has 1 aliphatic rings. The average Bonchev–Trinajstić information content (AvgIpc) is 2.62. The Kier molecular flexibility index (Phi) is 7.29. The minimum absolute atomic E-state index is 0.0860. The van der Waals surface area contributed by atoms with E-state index in [0.29, 0.717) is 13.0 Å². The van der Waals surface area contributed by atoms with Crippen molar-refractivity contribution in [3.05, 3.63) is 29.8 Å². The van der Waals surface area contributed by atoms with E-state index in [1.165, 1.54) is 0 Å². The van der Waals surface area contributed by atoms with E-state index in [4.69, 9.17) is 4.74 Å². The first-order chi connectivity index (χ1) is 12.0. The summed E-state index contributed by atoms with van der Waals surface area (Å²) in [4.78, 5) is 26.8. The van der Waals surface area contributed by atoms with Crippen LogP contribution < -0.4 is 10.1 Å². The Morgan fingerprint density at radius 2 is 2.04 bits per heavy atom. The summed E-state index contributed by atoms with van der Waals surface area (Å²) in [6.07, 6.45) is 4.15. The normalized spacial score (nSPS) is 18.5. The number of benzene rings is 1. The fourth-order valence-corrected chi connectivity index (χ4v) is 3.31. The summed E-state index contributed by atoms with van der Waals surface area (Å²) in [6.45, 7) is 5.42. The highest BCUT2D eigenvalue weighted by Gasteiger charge is 2.28. The van der Waals surface area contributed by atoms with Crippen molar-refractivity contribution in [2.75, 3.05) is 20.2 Å². The number of rotatable bonds is 7. The summed E-state index contributed by atoms with van der Waals surface area (Å²) in [7, 11) is 1.63. The van der Waals surface area contributed by atoms with Gasteiger partial charge in [0.1, 0.15) is 5.75 Å². The van der Waals surface area contributed by atoms with Crippen LogP contribution in [0.25, 0.3) is 0 Å². The standard InChI is InChI=1S/C20H30N2O3/c1-4-6-15(2)21-20(24)17-7-5-12-22(14-17)19(23)13-16-8-10-18(25-3)11-9-16/h8-11,15,17H,4-7,12-14H2,1-3H3,(H,21,24)/t15-,17+/m1/s1. The molecule has 0 bridgehead atoms. The lowest BCUT2D eigenvalue weighted by Crippen LogP contribution is -2.47. The van der Waals surface area contributed by atoms with Crippen LogP contribution in [0.15, 0.2) is 24.3 Å². The van der Waals surface area contributed by atoms with Gasteiger partial charge in [-0.15, -0.1) is 0 Å². The molecule has 2 rings (SSSR count). The van der Waals surface area contributed by atoms with Crippen molar-refractivity contribution < 1.29 is 14.3 Å². The molecule has 2 amide bonds. The minimum Gasteiger partial charge on any atom is -0.497 e. The van der Waals surface area contributed by atoms with Crippen molar-refractivity contribution in [3.63, 3.8) is 0 Å². The Morgan fingerprint density at radius 1 is 1.32 bits per heavy atom. The van der Waals surface area contributed by atoms with Gasteiger partial charge in [-0.2, -0.15) is 0 Å². The second-order valence-corrected chi connectivity index (χ2v) is 6.90. The highest BCUT2D eigenvalue weighted by Crippen LogP contribution is 2.19. The number of amides is 2. The lowest BCUT2D eigenvalue weighted by atomic mass is 9.96. The van der Waals surface area contributed by atoms with E-state index in [2.05, 4.69) is 12.2 Å². The molecule has 1 aromatic carbocycles. The summed E-state index contributed by atoms with van der Waals surface area (Å²) in [5, 5.41) is 3.08. The van der Waals surface area contributed by atoms with Crippen molar-refractivity contribution in [3.8, 4) is 5.75 Å². The van der Waals surface area contributed by atoms with Gasteiger partial charge in [0.25, 0.3) is 0 Å². The van der Waals surface area contributed by atoms with Crippen molar-refractivity contribution in [2.45, 2.75) is 52.0 Å². The Labute approximate surface area is 150 Å². The third-order valence-corrected chi connectivity index (χ3v) is 4.77. The zero-order valence-corrected chi connectivity index (χ0v) is 15.6. The van der Waals surface area contributed by atoms with Gasteiger partial charge in [-0.1, -0.05) is 25.5 Å². The van der Waals surface area contributed by atoms with Crippen LogP contribution in [-0.2, 0) is 16.0 Å². The van der Waals surface area contributed by atoms with Gasteiger partial charge in [0.2, 0.25) is 11.8 Å². The molecule has 1 aliphatic heterocycles. The number of nitrogens with one attached hydrogen (secondary N) is 1. The molecule has 0 aromatic heterocycles. The summed E-state index contributed by atoms with van der Waals surface area (Å²) >= 11 is 0. The number of hydrogen-bond donors (Lipinski definition) is 1. The van der Waals surface area contributed by atoms with E-state index in [-0.39, 0.29) is 23.8 Å². The molecule has 0 unspecified atom stereocenters. The maximum atomic E-state index is 12.6. The van der Waals surface area contributed by atoms with Gasteiger partial charge in [-0.05, 0) is 43.9 Å². The number of likely N-dealkylation sites (tertiary alicyclic amines) is 1. The Morgan fingerprint density at radius 3 is 2.68 bits per heavy atom. The molecule has 2 atom stereocenters. The number of carbonyl (C=O) groups is 2. The minimum atomic E-state index is -0.0899. The van der Waals surface area contributed by atoms with Crippen LogP contribution in [0.2, 0.25) is 0 Å². The predicted molar refractivity (Wildman–Crippen MR) is 98.5 cm³/mol. The quantitative estimate of drug-likeness (QED) is 0.826. The number of piperidine rings is 1. The van der Waals surface area contributed by atoms with Gasteiger partial charge in [0.05, 0.1) is 19.4 Å². The molecule has 0 saturated carbocycles. The molecule has 0 aliphatic carbocycles. The van der Waals surface area contributed by atoms with Gasteiger partial charge in [-0.3, -0.25) is 9.59 Å². The topological polar surface area (TPSA) is 58.6 Å². The fourth-order valence-electron chi connectivity index (χ4n) is 3.31. The van der Waals surface area contributed by atoms with Gasteiger partial charge < -0.3 is 15.0 Å². The molecule has 1 N–H and O–H groups in total. The second kappa shape index (κ2) is 9.44. The smallest absolute Gasteiger partial charge is 0.227 e. The lowest BCUT2D eigenvalue weighted by molar-refractivity contribution is -0.135. The Bertz CT molecular complexity index is 571. The van der Waals surface area contributed by atoms with Crippen LogP contribution in [0.4, 0.5) is 0 Å². The molecule has 0 radical (unpaired) electrons. The second-order valence-electron chi connectivity index (χ2n) is 6.90. The van der Waals surface area contributed by atoms with Crippen LogP contribution in [0.1, 0.15) is 45.1 Å². The Balaban J connectivity index is 1.88. The summed E-state index contributed by atoms with van der Waals surface area (Å²) < 4.78 is 5.14. The third kappa shape index (κ3) is 5.76. The fraction of sp³-hybridized carbons (Fsp3) is 0.600. The monoisotopic (exact) mass is 346 g/mol. The van der Waals surface area contributed by atoms with Crippen molar-refractivity contribution in [2.24, 2.45) is 5.92 Å². The highest BCUT2D eigenvalue weighted by molar-refractivity contribution is 5.82. The first kappa shape index (κ1) is 19.3. The number of nitrogens with zero attached hydrogens (tertiary/aromatic N) is 1. The molecule has 5 nitrogen and oxygen atoms in total. The zero-order valence-electron chi connectivity index (χ0n) is 15.6. The highest BCUT2D eigenvalue weighted by atomic mass is 16.5. The molecule has 25 heavy (non-hydrogen) atoms. The molecule has 0 spiro atoms. The van der Waals surface area contributed by atoms with E-state index >= 15 is 0 Å². The number of hydrogen-bond acceptors (Lipinski definition) is 3. The van der Waals surface area contributed by atoms with E-state index in [0.717, 1.165) is 43.5 Å². The van der Waals surface area contributed by atoms with Crippen molar-refractivity contribution in [1.29, 1.82) is 0 Å².